The van der Waals surface area contributed by atoms with Crippen LogP contribution in [0.5, 0.6) is 0 Å². The SMILES string of the molecule is O=S(=O)(c1cccc(F)c1)N1CCN(c2ncnc3c2oc2ccccc23)CC1. The molecule has 1 aliphatic heterocycles. The predicted octanol–water partition coefficient (Wildman–Crippen LogP) is 3.03. The molecule has 0 bridgehead atoms. The van der Waals surface area contributed by atoms with Crippen LogP contribution in [0.25, 0.3) is 22.1 Å². The number of anilines is 1. The van der Waals surface area contributed by atoms with Crippen molar-refractivity contribution in [1.82, 2.24) is 14.3 Å². The van der Waals surface area contributed by atoms with E-state index in [9.17, 15) is 12.8 Å². The number of sulfonamides is 1. The lowest BCUT2D eigenvalue weighted by atomic mass is 10.2. The third-order valence-corrected chi connectivity index (χ3v) is 7.01. The molecule has 0 spiro atoms. The highest BCUT2D eigenvalue weighted by Gasteiger charge is 2.30. The smallest absolute Gasteiger partial charge is 0.243 e. The molecule has 5 rings (SSSR count). The van der Waals surface area contributed by atoms with Crippen molar-refractivity contribution in [1.29, 1.82) is 0 Å². The summed E-state index contributed by atoms with van der Waals surface area (Å²) in [5.41, 5.74) is 2.06. The number of furan rings is 1. The number of aromatic nitrogens is 2. The fourth-order valence-electron chi connectivity index (χ4n) is 3.65. The summed E-state index contributed by atoms with van der Waals surface area (Å²) in [6.07, 6.45) is 1.50. The van der Waals surface area contributed by atoms with Crippen LogP contribution in [0.1, 0.15) is 0 Å². The van der Waals surface area contributed by atoms with Crippen LogP contribution in [0.4, 0.5) is 10.2 Å². The van der Waals surface area contributed by atoms with Gasteiger partial charge in [0.05, 0.1) is 4.90 Å². The van der Waals surface area contributed by atoms with Crippen LogP contribution in [0.2, 0.25) is 0 Å². The van der Waals surface area contributed by atoms with Crippen molar-refractivity contribution >= 4 is 37.9 Å². The largest absolute Gasteiger partial charge is 0.450 e. The van der Waals surface area contributed by atoms with Crippen LogP contribution in [0, 0.1) is 5.82 Å². The molecule has 0 unspecified atom stereocenters. The summed E-state index contributed by atoms with van der Waals surface area (Å²) in [5, 5.41) is 0.915. The lowest BCUT2D eigenvalue weighted by molar-refractivity contribution is 0.383. The molecule has 2 aromatic heterocycles. The molecule has 2 aromatic carbocycles. The molecule has 1 fully saturated rings. The third kappa shape index (κ3) is 3.02. The number of hydrogen-bond acceptors (Lipinski definition) is 6. The van der Waals surface area contributed by atoms with E-state index in [4.69, 9.17) is 4.42 Å². The van der Waals surface area contributed by atoms with Gasteiger partial charge in [0.1, 0.15) is 23.2 Å². The highest BCUT2D eigenvalue weighted by Crippen LogP contribution is 2.32. The Balaban J connectivity index is 1.42. The zero-order valence-electron chi connectivity index (χ0n) is 15.3. The number of para-hydroxylation sites is 1. The molecule has 9 heteroatoms. The van der Waals surface area contributed by atoms with Gasteiger partial charge in [0.25, 0.3) is 0 Å². The van der Waals surface area contributed by atoms with E-state index >= 15 is 0 Å². The first-order valence-corrected chi connectivity index (χ1v) is 10.6. The van der Waals surface area contributed by atoms with Crippen molar-refractivity contribution < 1.29 is 17.2 Å². The van der Waals surface area contributed by atoms with Crippen LogP contribution in [-0.4, -0.2) is 48.9 Å². The molecule has 0 aliphatic carbocycles. The molecule has 148 valence electrons. The summed E-state index contributed by atoms with van der Waals surface area (Å²) in [7, 11) is -3.74. The van der Waals surface area contributed by atoms with Crippen molar-refractivity contribution in [3.8, 4) is 0 Å². The number of benzene rings is 2. The minimum absolute atomic E-state index is 0.0346. The monoisotopic (exact) mass is 412 g/mol. The van der Waals surface area contributed by atoms with Crippen LogP contribution >= 0.6 is 0 Å². The third-order valence-electron chi connectivity index (χ3n) is 5.11. The molecule has 0 saturated carbocycles. The van der Waals surface area contributed by atoms with Gasteiger partial charge in [-0.1, -0.05) is 18.2 Å². The maximum Gasteiger partial charge on any atom is 0.243 e. The van der Waals surface area contributed by atoms with Gasteiger partial charge in [0.2, 0.25) is 10.0 Å². The van der Waals surface area contributed by atoms with E-state index in [0.717, 1.165) is 22.6 Å². The lowest BCUT2D eigenvalue weighted by Gasteiger charge is -2.34. The van der Waals surface area contributed by atoms with Gasteiger partial charge in [0.15, 0.2) is 11.4 Å². The first kappa shape index (κ1) is 18.0. The summed E-state index contributed by atoms with van der Waals surface area (Å²) >= 11 is 0. The van der Waals surface area contributed by atoms with Crippen molar-refractivity contribution in [2.45, 2.75) is 4.90 Å². The van der Waals surface area contributed by atoms with Crippen LogP contribution < -0.4 is 4.90 Å². The van der Waals surface area contributed by atoms with Gasteiger partial charge in [-0.25, -0.2) is 22.8 Å². The molecule has 4 aromatic rings. The molecule has 3 heterocycles. The second-order valence-electron chi connectivity index (χ2n) is 6.82. The van der Waals surface area contributed by atoms with E-state index in [-0.39, 0.29) is 18.0 Å². The lowest BCUT2D eigenvalue weighted by Crippen LogP contribution is -2.49. The Hall–Kier alpha value is -3.04. The number of piperazine rings is 1. The van der Waals surface area contributed by atoms with Crippen molar-refractivity contribution in [3.63, 3.8) is 0 Å². The Bertz CT molecular complexity index is 1310. The number of nitrogens with zero attached hydrogens (tertiary/aromatic N) is 4. The van der Waals surface area contributed by atoms with Gasteiger partial charge >= 0.3 is 0 Å². The van der Waals surface area contributed by atoms with Crippen LogP contribution in [0.3, 0.4) is 0 Å². The van der Waals surface area contributed by atoms with E-state index in [1.165, 1.54) is 28.8 Å². The van der Waals surface area contributed by atoms with Crippen molar-refractivity contribution in [2.24, 2.45) is 0 Å². The van der Waals surface area contributed by atoms with E-state index in [0.29, 0.717) is 24.5 Å². The summed E-state index contributed by atoms with van der Waals surface area (Å²) in [4.78, 5) is 10.7. The summed E-state index contributed by atoms with van der Waals surface area (Å²) in [6, 6.07) is 12.7. The number of rotatable bonds is 3. The number of halogens is 1. The normalized spacial score (nSPS) is 16.0. The van der Waals surface area contributed by atoms with Crippen LogP contribution in [-0.2, 0) is 10.0 Å². The minimum Gasteiger partial charge on any atom is -0.450 e. The summed E-state index contributed by atoms with van der Waals surface area (Å²) < 4.78 is 46.4. The zero-order chi connectivity index (χ0) is 20.0. The van der Waals surface area contributed by atoms with Crippen molar-refractivity contribution in [2.75, 3.05) is 31.1 Å². The number of hydrogen-bond donors (Lipinski definition) is 0. The Kier molecular flexibility index (Phi) is 4.21. The minimum atomic E-state index is -3.74. The average molecular weight is 412 g/mol. The maximum atomic E-state index is 13.5. The van der Waals surface area contributed by atoms with Gasteiger partial charge in [0, 0.05) is 31.6 Å². The standard InChI is InChI=1S/C20H17FN4O3S/c21-14-4-3-5-15(12-14)29(26,27)25-10-8-24(9-11-25)20-19-18(22-13-23-20)16-6-1-2-7-17(16)28-19/h1-7,12-13H,8-11H2. The Morgan fingerprint density at radius 3 is 2.55 bits per heavy atom. The maximum absolute atomic E-state index is 13.5. The van der Waals surface area contributed by atoms with Crippen LogP contribution in [0.15, 0.2) is 64.2 Å². The highest BCUT2D eigenvalue weighted by atomic mass is 32.2. The summed E-state index contributed by atoms with van der Waals surface area (Å²) in [5.74, 6) is 0.0759. The first-order valence-electron chi connectivity index (χ1n) is 9.17. The molecule has 0 N–H and O–H groups in total. The fraction of sp³-hybridized carbons (Fsp3) is 0.200. The second-order valence-corrected chi connectivity index (χ2v) is 8.76. The molecule has 0 radical (unpaired) electrons. The van der Waals surface area contributed by atoms with Gasteiger partial charge in [-0.3, -0.25) is 0 Å². The van der Waals surface area contributed by atoms with Gasteiger partial charge in [-0.15, -0.1) is 0 Å². The predicted molar refractivity (Wildman–Crippen MR) is 107 cm³/mol. The van der Waals surface area contributed by atoms with E-state index in [1.807, 2.05) is 29.2 Å². The molecule has 7 nitrogen and oxygen atoms in total. The Labute approximate surface area is 166 Å². The second kappa shape index (κ2) is 6.78. The highest BCUT2D eigenvalue weighted by molar-refractivity contribution is 7.89. The van der Waals surface area contributed by atoms with Gasteiger partial charge in [-0.2, -0.15) is 4.31 Å². The summed E-state index contributed by atoms with van der Waals surface area (Å²) in [6.45, 7) is 1.42. The molecule has 0 amide bonds. The molecule has 29 heavy (non-hydrogen) atoms. The molecular weight excluding hydrogens is 395 g/mol. The zero-order valence-corrected chi connectivity index (χ0v) is 16.1. The quantitative estimate of drug-likeness (QED) is 0.515. The van der Waals surface area contributed by atoms with Crippen molar-refractivity contribution in [3.05, 3.63) is 60.7 Å². The van der Waals surface area contributed by atoms with Gasteiger partial charge in [-0.05, 0) is 30.3 Å². The topological polar surface area (TPSA) is 79.5 Å². The van der Waals surface area contributed by atoms with E-state index in [2.05, 4.69) is 9.97 Å². The number of fused-ring (bicyclic) bond motifs is 3. The molecular formula is C20H17FN4O3S. The molecule has 1 saturated heterocycles. The first-order chi connectivity index (χ1) is 14.0. The van der Waals surface area contributed by atoms with Gasteiger partial charge < -0.3 is 9.32 Å². The van der Waals surface area contributed by atoms with E-state index < -0.39 is 15.8 Å². The Morgan fingerprint density at radius 2 is 1.76 bits per heavy atom. The Morgan fingerprint density at radius 1 is 0.966 bits per heavy atom. The fourth-order valence-corrected chi connectivity index (χ4v) is 5.11. The average Bonchev–Trinajstić information content (AvgIpc) is 3.13. The molecule has 0 atom stereocenters. The molecule has 1 aliphatic rings. The van der Waals surface area contributed by atoms with E-state index in [1.54, 1.807) is 0 Å².